The maximum atomic E-state index is 12.8. The van der Waals surface area contributed by atoms with E-state index in [2.05, 4.69) is 0 Å². The van der Waals surface area contributed by atoms with Crippen LogP contribution in [0.3, 0.4) is 0 Å². The van der Waals surface area contributed by atoms with Gasteiger partial charge in [0, 0.05) is 5.75 Å². The van der Waals surface area contributed by atoms with E-state index in [0.717, 1.165) is 17.2 Å². The Bertz CT molecular complexity index is 279. The topological polar surface area (TPSA) is 9.23 Å². The van der Waals surface area contributed by atoms with Crippen LogP contribution in [0, 0.1) is 11.7 Å². The zero-order chi connectivity index (χ0) is 9.14. The predicted molar refractivity (Wildman–Crippen MR) is 52.4 cm³/mol. The summed E-state index contributed by atoms with van der Waals surface area (Å²) in [5.41, 5.74) is 0.831. The molecule has 0 amide bonds. The van der Waals surface area contributed by atoms with E-state index >= 15 is 0 Å². The van der Waals surface area contributed by atoms with Gasteiger partial charge in [-0.1, -0.05) is 19.9 Å². The molecule has 0 fully saturated rings. The second-order valence-electron chi connectivity index (χ2n) is 2.84. The molecular weight excluding hydrogens is 215 g/mol. The van der Waals surface area contributed by atoms with Crippen LogP contribution in [0.25, 0.3) is 0 Å². The Morgan fingerprint density at radius 2 is 1.86 bits per heavy atom. The van der Waals surface area contributed by atoms with Gasteiger partial charge in [-0.15, -0.1) is 11.6 Å². The van der Waals surface area contributed by atoms with Gasteiger partial charge in [0.25, 0.3) is 0 Å². The van der Waals surface area contributed by atoms with E-state index in [4.69, 9.17) is 4.74 Å². The SMILES string of the molecule is COc1ccc(F)cc1[C-](C)C.[Cl-].[Mg+2]. The maximum absolute atomic E-state index is 12.8. The first-order valence-corrected chi connectivity index (χ1v) is 3.79. The largest absolute Gasteiger partial charge is 2.00 e. The van der Waals surface area contributed by atoms with E-state index in [0.29, 0.717) is 0 Å². The molecule has 0 aromatic heterocycles. The van der Waals surface area contributed by atoms with Crippen molar-refractivity contribution in [2.75, 3.05) is 7.11 Å². The average molecular weight is 227 g/mol. The first-order chi connectivity index (χ1) is 5.65. The number of rotatable bonds is 2. The molecule has 74 valence electrons. The maximum Gasteiger partial charge on any atom is 2.00 e. The van der Waals surface area contributed by atoms with Crippen molar-refractivity contribution in [2.24, 2.45) is 0 Å². The van der Waals surface area contributed by atoms with Gasteiger partial charge in [0.05, 0.1) is 12.9 Å². The molecule has 0 aliphatic heterocycles. The minimum absolute atomic E-state index is 0. The number of hydrogen-bond donors (Lipinski definition) is 0. The number of methoxy groups -OCH3 is 1. The Labute approximate surface area is 107 Å². The van der Waals surface area contributed by atoms with Crippen LogP contribution in [0.2, 0.25) is 0 Å². The van der Waals surface area contributed by atoms with Crippen molar-refractivity contribution in [3.8, 4) is 5.75 Å². The van der Waals surface area contributed by atoms with Crippen molar-refractivity contribution < 1.29 is 21.5 Å². The normalized spacial score (nSPS) is 8.29. The molecule has 1 nitrogen and oxygen atoms in total. The van der Waals surface area contributed by atoms with Gasteiger partial charge in [-0.3, -0.25) is 0 Å². The van der Waals surface area contributed by atoms with Crippen molar-refractivity contribution >= 4 is 23.1 Å². The van der Waals surface area contributed by atoms with Crippen LogP contribution in [0.1, 0.15) is 19.4 Å². The molecule has 1 aromatic rings. The van der Waals surface area contributed by atoms with Gasteiger partial charge < -0.3 is 17.1 Å². The monoisotopic (exact) mass is 226 g/mol. The smallest absolute Gasteiger partial charge is 1.00 e. The third-order valence-electron chi connectivity index (χ3n) is 1.70. The number of ether oxygens (including phenoxy) is 1. The summed E-state index contributed by atoms with van der Waals surface area (Å²) in [4.78, 5) is 0. The summed E-state index contributed by atoms with van der Waals surface area (Å²) in [5.74, 6) is 1.54. The van der Waals surface area contributed by atoms with Crippen LogP contribution < -0.4 is 17.1 Å². The first-order valence-electron chi connectivity index (χ1n) is 3.79. The Morgan fingerprint density at radius 3 is 2.29 bits per heavy atom. The van der Waals surface area contributed by atoms with Crippen LogP contribution in [0.4, 0.5) is 4.39 Å². The van der Waals surface area contributed by atoms with E-state index in [1.807, 2.05) is 13.8 Å². The molecule has 0 unspecified atom stereocenters. The summed E-state index contributed by atoms with van der Waals surface area (Å²) in [7, 11) is 1.58. The van der Waals surface area contributed by atoms with Gasteiger partial charge in [-0.2, -0.15) is 5.92 Å². The minimum Gasteiger partial charge on any atom is -1.00 e. The fourth-order valence-corrected chi connectivity index (χ4v) is 1.07. The third-order valence-corrected chi connectivity index (χ3v) is 1.70. The molecule has 0 radical (unpaired) electrons. The molecule has 0 atom stereocenters. The second kappa shape index (κ2) is 7.21. The Hall–Kier alpha value is -0.124. The molecule has 0 N–H and O–H groups in total. The van der Waals surface area contributed by atoms with Crippen molar-refractivity contribution in [3.05, 3.63) is 35.5 Å². The summed E-state index contributed by atoms with van der Waals surface area (Å²) in [6.45, 7) is 3.86. The molecule has 1 aromatic carbocycles. The Kier molecular flexibility index (Phi) is 8.39. The molecule has 0 bridgehead atoms. The number of hydrogen-bond acceptors (Lipinski definition) is 1. The van der Waals surface area contributed by atoms with Gasteiger partial charge in [0.1, 0.15) is 0 Å². The van der Waals surface area contributed by atoms with Crippen LogP contribution >= 0.6 is 0 Å². The van der Waals surface area contributed by atoms with E-state index < -0.39 is 0 Å². The van der Waals surface area contributed by atoms with Gasteiger partial charge in [-0.25, -0.2) is 4.39 Å². The van der Waals surface area contributed by atoms with Crippen LogP contribution in [-0.2, 0) is 0 Å². The molecule has 0 saturated carbocycles. The number of benzene rings is 1. The van der Waals surface area contributed by atoms with Crippen molar-refractivity contribution in [3.63, 3.8) is 0 Å². The molecule has 4 heteroatoms. The van der Waals surface area contributed by atoms with Crippen molar-refractivity contribution in [1.29, 1.82) is 0 Å². The summed E-state index contributed by atoms with van der Waals surface area (Å²) < 4.78 is 17.8. The van der Waals surface area contributed by atoms with E-state index in [1.54, 1.807) is 13.2 Å². The number of halogens is 2. The Balaban J connectivity index is 0. The summed E-state index contributed by atoms with van der Waals surface area (Å²) in [5, 5.41) is 0. The molecule has 0 heterocycles. The van der Waals surface area contributed by atoms with Gasteiger partial charge in [0.15, 0.2) is 0 Å². The van der Waals surface area contributed by atoms with Crippen LogP contribution in [-0.4, -0.2) is 30.2 Å². The van der Waals surface area contributed by atoms with Gasteiger partial charge in [0.2, 0.25) is 0 Å². The zero-order valence-corrected chi connectivity index (χ0v) is 10.8. The third kappa shape index (κ3) is 3.94. The second-order valence-corrected chi connectivity index (χ2v) is 2.84. The van der Waals surface area contributed by atoms with E-state index in [9.17, 15) is 4.39 Å². The van der Waals surface area contributed by atoms with E-state index in [1.165, 1.54) is 12.1 Å². The Morgan fingerprint density at radius 1 is 1.29 bits per heavy atom. The molecule has 0 saturated heterocycles. The fraction of sp³-hybridized carbons (Fsp3) is 0.300. The molecule has 1 rings (SSSR count). The first kappa shape index (κ1) is 16.3. The van der Waals surface area contributed by atoms with Crippen molar-refractivity contribution in [1.82, 2.24) is 0 Å². The van der Waals surface area contributed by atoms with Crippen LogP contribution in [0.5, 0.6) is 5.75 Å². The standard InChI is InChI=1S/C10H12FO.ClH.Mg/c1-7(2)9-6-8(11)4-5-10(9)12-3;;/h4-6H,1-3H3;1H;/q-1;;+2/p-1. The average Bonchev–Trinajstić information content (AvgIpc) is 2.04. The van der Waals surface area contributed by atoms with Gasteiger partial charge >= 0.3 is 23.1 Å². The molecule has 0 spiro atoms. The molecular formula is C10H12ClFMgO. The van der Waals surface area contributed by atoms with Gasteiger partial charge in [-0.05, 0) is 6.07 Å². The molecule has 14 heavy (non-hydrogen) atoms. The summed E-state index contributed by atoms with van der Waals surface area (Å²) >= 11 is 0. The summed E-state index contributed by atoms with van der Waals surface area (Å²) in [6, 6.07) is 4.51. The van der Waals surface area contributed by atoms with E-state index in [-0.39, 0.29) is 41.3 Å². The van der Waals surface area contributed by atoms with Crippen molar-refractivity contribution in [2.45, 2.75) is 13.8 Å². The molecule has 0 aliphatic rings. The summed E-state index contributed by atoms with van der Waals surface area (Å²) in [6.07, 6.45) is 0. The fourth-order valence-electron chi connectivity index (χ4n) is 1.07. The minimum atomic E-state index is -0.230. The predicted octanol–water partition coefficient (Wildman–Crippen LogP) is -0.580. The quantitative estimate of drug-likeness (QED) is 0.485. The zero-order valence-electron chi connectivity index (χ0n) is 8.60. The molecule has 0 aliphatic carbocycles. The van der Waals surface area contributed by atoms with Crippen LogP contribution in [0.15, 0.2) is 18.2 Å².